The van der Waals surface area contributed by atoms with E-state index >= 15 is 0 Å². The van der Waals surface area contributed by atoms with E-state index in [1.165, 1.54) is 12.1 Å². The SMILES string of the molecule is Cc1cc(N2CCC(Nc3nc4c(-c5ccc(F)cc5Cl)cccc4[nH]3)CC2)ncn1. The number of hydrogen-bond acceptors (Lipinski definition) is 5. The molecule has 1 saturated heterocycles. The number of imidazole rings is 1. The first-order valence-electron chi connectivity index (χ1n) is 10.3. The smallest absolute Gasteiger partial charge is 0.201 e. The molecule has 0 amide bonds. The number of halogens is 2. The van der Waals surface area contributed by atoms with Crippen LogP contribution in [0.3, 0.4) is 0 Å². The lowest BCUT2D eigenvalue weighted by atomic mass is 10.0. The molecule has 2 N–H and O–H groups in total. The molecule has 0 radical (unpaired) electrons. The Hall–Kier alpha value is -3.19. The van der Waals surface area contributed by atoms with E-state index in [0.717, 1.165) is 65.6 Å². The first kappa shape index (κ1) is 19.8. The number of aromatic amines is 1. The Kier molecular flexibility index (Phi) is 5.19. The fourth-order valence-corrected chi connectivity index (χ4v) is 4.35. The predicted molar refractivity (Wildman–Crippen MR) is 122 cm³/mol. The number of piperidine rings is 1. The molecular formula is C23H22ClFN6. The molecule has 0 spiro atoms. The molecule has 0 unspecified atom stereocenters. The second-order valence-electron chi connectivity index (χ2n) is 7.83. The van der Waals surface area contributed by atoms with Crippen LogP contribution in [-0.2, 0) is 0 Å². The average Bonchev–Trinajstić information content (AvgIpc) is 3.17. The Morgan fingerprint density at radius 3 is 2.71 bits per heavy atom. The second-order valence-corrected chi connectivity index (χ2v) is 8.24. The number of aryl methyl sites for hydroxylation is 1. The van der Waals surface area contributed by atoms with Crippen molar-refractivity contribution in [2.45, 2.75) is 25.8 Å². The van der Waals surface area contributed by atoms with Gasteiger partial charge in [0.05, 0.1) is 16.1 Å². The molecule has 0 saturated carbocycles. The Bertz CT molecular complexity index is 1230. The number of benzene rings is 2. The number of fused-ring (bicyclic) bond motifs is 1. The van der Waals surface area contributed by atoms with Gasteiger partial charge < -0.3 is 15.2 Å². The summed E-state index contributed by atoms with van der Waals surface area (Å²) in [6.45, 7) is 3.82. The summed E-state index contributed by atoms with van der Waals surface area (Å²) in [5.74, 6) is 1.36. The molecule has 5 rings (SSSR count). The molecule has 8 heteroatoms. The summed E-state index contributed by atoms with van der Waals surface area (Å²) in [5.41, 5.74) is 4.34. The zero-order valence-electron chi connectivity index (χ0n) is 17.1. The van der Waals surface area contributed by atoms with E-state index in [-0.39, 0.29) is 5.82 Å². The van der Waals surface area contributed by atoms with Gasteiger partial charge >= 0.3 is 0 Å². The largest absolute Gasteiger partial charge is 0.356 e. The second kappa shape index (κ2) is 8.15. The highest BCUT2D eigenvalue weighted by Crippen LogP contribution is 2.34. The zero-order valence-corrected chi connectivity index (χ0v) is 17.8. The van der Waals surface area contributed by atoms with Gasteiger partial charge in [0.25, 0.3) is 0 Å². The third kappa shape index (κ3) is 4.05. The molecule has 1 aliphatic heterocycles. The molecular weight excluding hydrogens is 415 g/mol. The van der Waals surface area contributed by atoms with Crippen LogP contribution in [0.25, 0.3) is 22.2 Å². The van der Waals surface area contributed by atoms with Crippen LogP contribution >= 0.6 is 11.6 Å². The Morgan fingerprint density at radius 1 is 1.10 bits per heavy atom. The van der Waals surface area contributed by atoms with Crippen LogP contribution in [0.15, 0.2) is 48.8 Å². The normalized spacial score (nSPS) is 14.9. The number of nitrogens with one attached hydrogen (secondary N) is 2. The number of aromatic nitrogens is 4. The van der Waals surface area contributed by atoms with Crippen LogP contribution in [0, 0.1) is 12.7 Å². The number of nitrogens with zero attached hydrogens (tertiary/aromatic N) is 4. The minimum absolute atomic E-state index is 0.317. The Labute approximate surface area is 184 Å². The minimum atomic E-state index is -0.353. The van der Waals surface area contributed by atoms with Crippen LogP contribution in [0.5, 0.6) is 0 Å². The summed E-state index contributed by atoms with van der Waals surface area (Å²) in [5, 5.41) is 3.91. The minimum Gasteiger partial charge on any atom is -0.356 e. The van der Waals surface area contributed by atoms with Gasteiger partial charge in [-0.3, -0.25) is 0 Å². The summed E-state index contributed by atoms with van der Waals surface area (Å²) in [6, 6.07) is 12.7. The van der Waals surface area contributed by atoms with Gasteiger partial charge in [0.1, 0.15) is 18.0 Å². The van der Waals surface area contributed by atoms with Crippen molar-refractivity contribution < 1.29 is 4.39 Å². The fourth-order valence-electron chi connectivity index (χ4n) is 4.09. The first-order valence-corrected chi connectivity index (χ1v) is 10.7. The van der Waals surface area contributed by atoms with E-state index in [0.29, 0.717) is 11.1 Å². The maximum atomic E-state index is 13.5. The van der Waals surface area contributed by atoms with Crippen LogP contribution in [-0.4, -0.2) is 39.1 Å². The lowest BCUT2D eigenvalue weighted by Crippen LogP contribution is -2.39. The van der Waals surface area contributed by atoms with Crippen molar-refractivity contribution in [1.82, 2.24) is 19.9 Å². The average molecular weight is 437 g/mol. The highest BCUT2D eigenvalue weighted by molar-refractivity contribution is 6.33. The maximum Gasteiger partial charge on any atom is 0.201 e. The summed E-state index contributed by atoms with van der Waals surface area (Å²) in [6.07, 6.45) is 3.59. The van der Waals surface area contributed by atoms with Crippen molar-refractivity contribution in [2.24, 2.45) is 0 Å². The van der Waals surface area contributed by atoms with Crippen molar-refractivity contribution >= 4 is 34.4 Å². The molecule has 2 aromatic carbocycles. The molecule has 0 aliphatic carbocycles. The summed E-state index contributed by atoms with van der Waals surface area (Å²) < 4.78 is 13.5. The molecule has 1 aliphatic rings. The monoisotopic (exact) mass is 436 g/mol. The van der Waals surface area contributed by atoms with E-state index in [2.05, 4.69) is 25.2 Å². The van der Waals surface area contributed by atoms with Crippen LogP contribution in [0.1, 0.15) is 18.5 Å². The van der Waals surface area contributed by atoms with E-state index < -0.39 is 0 Å². The summed E-state index contributed by atoms with van der Waals surface area (Å²) in [7, 11) is 0. The summed E-state index contributed by atoms with van der Waals surface area (Å²) in [4.78, 5) is 19.0. The molecule has 158 valence electrons. The fraction of sp³-hybridized carbons (Fsp3) is 0.261. The lowest BCUT2D eigenvalue weighted by Gasteiger charge is -2.33. The van der Waals surface area contributed by atoms with Crippen molar-refractivity contribution in [3.63, 3.8) is 0 Å². The lowest BCUT2D eigenvalue weighted by molar-refractivity contribution is 0.521. The number of rotatable bonds is 4. The number of para-hydroxylation sites is 1. The maximum absolute atomic E-state index is 13.5. The molecule has 1 fully saturated rings. The molecule has 0 bridgehead atoms. The predicted octanol–water partition coefficient (Wildman–Crippen LogP) is 5.20. The third-order valence-corrected chi connectivity index (χ3v) is 6.00. The van der Waals surface area contributed by atoms with Gasteiger partial charge in [-0.1, -0.05) is 23.7 Å². The van der Waals surface area contributed by atoms with Crippen LogP contribution < -0.4 is 10.2 Å². The van der Waals surface area contributed by atoms with E-state index in [1.54, 1.807) is 12.4 Å². The Balaban J connectivity index is 1.33. The Morgan fingerprint density at radius 2 is 1.94 bits per heavy atom. The molecule has 31 heavy (non-hydrogen) atoms. The van der Waals surface area contributed by atoms with E-state index in [4.69, 9.17) is 16.6 Å². The van der Waals surface area contributed by atoms with Gasteiger partial charge in [-0.05, 0) is 44.0 Å². The van der Waals surface area contributed by atoms with E-state index in [1.807, 2.05) is 31.2 Å². The number of H-pyrrole nitrogens is 1. The molecule has 3 heterocycles. The molecule has 4 aromatic rings. The van der Waals surface area contributed by atoms with Crippen molar-refractivity contribution in [3.05, 3.63) is 65.3 Å². The number of hydrogen-bond donors (Lipinski definition) is 2. The van der Waals surface area contributed by atoms with Crippen molar-refractivity contribution in [1.29, 1.82) is 0 Å². The van der Waals surface area contributed by atoms with Gasteiger partial charge in [-0.2, -0.15) is 0 Å². The van der Waals surface area contributed by atoms with Crippen LogP contribution in [0.2, 0.25) is 5.02 Å². The zero-order chi connectivity index (χ0) is 21.4. The van der Waals surface area contributed by atoms with Gasteiger partial charge in [-0.25, -0.2) is 19.3 Å². The molecule has 0 atom stereocenters. The van der Waals surface area contributed by atoms with Gasteiger partial charge in [0.2, 0.25) is 5.95 Å². The molecule has 6 nitrogen and oxygen atoms in total. The third-order valence-electron chi connectivity index (χ3n) is 5.68. The van der Waals surface area contributed by atoms with E-state index in [9.17, 15) is 4.39 Å². The van der Waals surface area contributed by atoms with Gasteiger partial charge in [-0.15, -0.1) is 0 Å². The number of anilines is 2. The molecule has 2 aromatic heterocycles. The topological polar surface area (TPSA) is 69.7 Å². The highest BCUT2D eigenvalue weighted by atomic mass is 35.5. The quantitative estimate of drug-likeness (QED) is 0.460. The van der Waals surface area contributed by atoms with Crippen molar-refractivity contribution in [2.75, 3.05) is 23.3 Å². The van der Waals surface area contributed by atoms with Gasteiger partial charge in [0, 0.05) is 42.0 Å². The standard InChI is InChI=1S/C23H22ClFN6/c1-14-11-21(27-13-26-14)31-9-7-16(8-10-31)28-23-29-20-4-2-3-18(22(20)30-23)17-6-5-15(25)12-19(17)24/h2-6,11-13,16H,7-10H2,1H3,(H2,28,29,30). The van der Waals surface area contributed by atoms with Gasteiger partial charge in [0.15, 0.2) is 0 Å². The highest BCUT2D eigenvalue weighted by Gasteiger charge is 2.21. The van der Waals surface area contributed by atoms with Crippen molar-refractivity contribution in [3.8, 4) is 11.1 Å². The first-order chi connectivity index (χ1) is 15.1. The van der Waals surface area contributed by atoms with Crippen LogP contribution in [0.4, 0.5) is 16.2 Å². The summed E-state index contributed by atoms with van der Waals surface area (Å²) >= 11 is 6.29.